The molecule has 5 heteroatoms. The van der Waals surface area contributed by atoms with Crippen LogP contribution in [0.5, 0.6) is 0 Å². The van der Waals surface area contributed by atoms with Crippen LogP contribution >= 0.6 is 27.3 Å². The number of carbonyl (C=O) groups is 1. The highest BCUT2D eigenvalue weighted by Crippen LogP contribution is 2.19. The molecule has 0 bridgehead atoms. The summed E-state index contributed by atoms with van der Waals surface area (Å²) in [6.07, 6.45) is 0.808. The van der Waals surface area contributed by atoms with Crippen LogP contribution in [0, 0.1) is 0 Å². The van der Waals surface area contributed by atoms with Crippen molar-refractivity contribution in [3.63, 3.8) is 0 Å². The molecule has 0 saturated carbocycles. The molecule has 0 atom stereocenters. The van der Waals surface area contributed by atoms with E-state index in [0.717, 1.165) is 10.9 Å². The minimum absolute atomic E-state index is 0.323. The molecule has 72 valence electrons. The van der Waals surface area contributed by atoms with Crippen molar-refractivity contribution in [3.05, 3.63) is 20.8 Å². The molecule has 0 aliphatic rings. The highest BCUT2D eigenvalue weighted by molar-refractivity contribution is 9.10. The van der Waals surface area contributed by atoms with Gasteiger partial charge in [0.25, 0.3) is 0 Å². The summed E-state index contributed by atoms with van der Waals surface area (Å²) in [4.78, 5) is 11.9. The van der Waals surface area contributed by atoms with Crippen molar-refractivity contribution in [2.24, 2.45) is 0 Å². The van der Waals surface area contributed by atoms with Crippen molar-refractivity contribution in [3.8, 4) is 0 Å². The van der Waals surface area contributed by atoms with Crippen LogP contribution in [-0.2, 0) is 11.2 Å². The molecule has 13 heavy (non-hydrogen) atoms. The van der Waals surface area contributed by atoms with Crippen LogP contribution in [0.1, 0.15) is 4.88 Å². The SMILES string of the molecule is O=C(CO)NCCc1cc(Br)cs1. The summed E-state index contributed by atoms with van der Waals surface area (Å²) < 4.78 is 1.07. The number of hydrogen-bond donors (Lipinski definition) is 2. The number of amides is 1. The van der Waals surface area contributed by atoms with Crippen molar-refractivity contribution < 1.29 is 9.90 Å². The second kappa shape index (κ2) is 5.36. The van der Waals surface area contributed by atoms with Gasteiger partial charge >= 0.3 is 0 Å². The van der Waals surface area contributed by atoms with E-state index in [1.165, 1.54) is 4.88 Å². The Morgan fingerprint density at radius 2 is 2.46 bits per heavy atom. The Hall–Kier alpha value is -0.390. The number of thiophene rings is 1. The Kier molecular flexibility index (Phi) is 4.41. The van der Waals surface area contributed by atoms with Crippen molar-refractivity contribution >= 4 is 33.2 Å². The van der Waals surface area contributed by atoms with Crippen LogP contribution in [-0.4, -0.2) is 24.2 Å². The molecular formula is C8H10BrNO2S. The minimum atomic E-state index is -0.436. The summed E-state index contributed by atoms with van der Waals surface area (Å²) in [6.45, 7) is 0.139. The molecule has 0 aliphatic heterocycles. The van der Waals surface area contributed by atoms with Crippen molar-refractivity contribution in [2.75, 3.05) is 13.2 Å². The number of carbonyl (C=O) groups excluding carboxylic acids is 1. The fourth-order valence-corrected chi connectivity index (χ4v) is 2.32. The molecule has 2 N–H and O–H groups in total. The van der Waals surface area contributed by atoms with Gasteiger partial charge in [-0.15, -0.1) is 11.3 Å². The average molecular weight is 264 g/mol. The number of rotatable bonds is 4. The molecule has 0 aliphatic carbocycles. The van der Waals surface area contributed by atoms with Gasteiger partial charge in [-0.25, -0.2) is 0 Å². The smallest absolute Gasteiger partial charge is 0.245 e. The van der Waals surface area contributed by atoms with Crippen LogP contribution in [0.2, 0.25) is 0 Å². The van der Waals surface area contributed by atoms with E-state index in [0.29, 0.717) is 6.54 Å². The second-order valence-electron chi connectivity index (χ2n) is 2.49. The molecule has 1 aromatic rings. The third kappa shape index (κ3) is 3.89. The number of aliphatic hydroxyl groups is 1. The van der Waals surface area contributed by atoms with E-state index in [-0.39, 0.29) is 5.91 Å². The topological polar surface area (TPSA) is 49.3 Å². The summed E-state index contributed by atoms with van der Waals surface area (Å²) in [7, 11) is 0. The molecule has 0 unspecified atom stereocenters. The normalized spacial score (nSPS) is 10.0. The Labute approximate surface area is 88.9 Å². The maximum atomic E-state index is 10.6. The standard InChI is InChI=1S/C8H10BrNO2S/c9-6-3-7(13-5-6)1-2-10-8(12)4-11/h3,5,11H,1-2,4H2,(H,10,12). The Bertz CT molecular complexity index is 287. The first-order valence-electron chi connectivity index (χ1n) is 3.83. The van der Waals surface area contributed by atoms with Crippen molar-refractivity contribution in [1.29, 1.82) is 0 Å². The van der Waals surface area contributed by atoms with Gasteiger partial charge in [0.15, 0.2) is 0 Å². The first kappa shape index (κ1) is 10.7. The fourth-order valence-electron chi connectivity index (χ4n) is 0.866. The quantitative estimate of drug-likeness (QED) is 0.857. The predicted molar refractivity (Wildman–Crippen MR) is 55.8 cm³/mol. The molecule has 0 radical (unpaired) electrons. The molecule has 1 amide bonds. The van der Waals surface area contributed by atoms with Crippen LogP contribution in [0.3, 0.4) is 0 Å². The van der Waals surface area contributed by atoms with Crippen LogP contribution in [0.15, 0.2) is 15.9 Å². The molecule has 0 spiro atoms. The lowest BCUT2D eigenvalue weighted by molar-refractivity contribution is -0.123. The lowest BCUT2D eigenvalue weighted by Gasteiger charge is -2.00. The van der Waals surface area contributed by atoms with Crippen LogP contribution in [0.4, 0.5) is 0 Å². The maximum absolute atomic E-state index is 10.6. The number of nitrogens with one attached hydrogen (secondary N) is 1. The average Bonchev–Trinajstić information content (AvgIpc) is 2.51. The predicted octanol–water partition coefficient (Wildman–Crippen LogP) is 1.16. The number of hydrogen-bond acceptors (Lipinski definition) is 3. The molecule has 3 nitrogen and oxygen atoms in total. The summed E-state index contributed by atoms with van der Waals surface area (Å²) in [6, 6.07) is 2.02. The Morgan fingerprint density at radius 1 is 1.69 bits per heavy atom. The van der Waals surface area contributed by atoms with Gasteiger partial charge in [-0.3, -0.25) is 4.79 Å². The molecular weight excluding hydrogens is 254 g/mol. The monoisotopic (exact) mass is 263 g/mol. The summed E-state index contributed by atoms with van der Waals surface area (Å²) in [5, 5.41) is 13.0. The van der Waals surface area contributed by atoms with E-state index in [1.807, 2.05) is 11.4 Å². The van der Waals surface area contributed by atoms with Gasteiger partial charge in [0.1, 0.15) is 6.61 Å². The number of aliphatic hydroxyl groups excluding tert-OH is 1. The fraction of sp³-hybridized carbons (Fsp3) is 0.375. The van der Waals surface area contributed by atoms with E-state index in [4.69, 9.17) is 5.11 Å². The molecule has 1 heterocycles. The highest BCUT2D eigenvalue weighted by atomic mass is 79.9. The maximum Gasteiger partial charge on any atom is 0.245 e. The van der Waals surface area contributed by atoms with E-state index >= 15 is 0 Å². The molecule has 0 aromatic carbocycles. The van der Waals surface area contributed by atoms with Gasteiger partial charge in [-0.2, -0.15) is 0 Å². The lowest BCUT2D eigenvalue weighted by Crippen LogP contribution is -2.27. The molecule has 0 saturated heterocycles. The van der Waals surface area contributed by atoms with E-state index < -0.39 is 6.61 Å². The third-order valence-electron chi connectivity index (χ3n) is 1.46. The van der Waals surface area contributed by atoms with E-state index in [1.54, 1.807) is 11.3 Å². The van der Waals surface area contributed by atoms with Gasteiger partial charge in [-0.1, -0.05) is 0 Å². The van der Waals surface area contributed by atoms with Gasteiger partial charge < -0.3 is 10.4 Å². The zero-order chi connectivity index (χ0) is 9.68. The zero-order valence-corrected chi connectivity index (χ0v) is 9.32. The first-order valence-corrected chi connectivity index (χ1v) is 5.50. The minimum Gasteiger partial charge on any atom is -0.387 e. The summed E-state index contributed by atoms with van der Waals surface area (Å²) in [5.74, 6) is -0.323. The van der Waals surface area contributed by atoms with Gasteiger partial charge in [-0.05, 0) is 28.4 Å². The van der Waals surface area contributed by atoms with Crippen molar-refractivity contribution in [1.82, 2.24) is 5.32 Å². The Morgan fingerprint density at radius 3 is 3.00 bits per heavy atom. The van der Waals surface area contributed by atoms with E-state index in [2.05, 4.69) is 21.2 Å². The zero-order valence-electron chi connectivity index (χ0n) is 6.92. The molecule has 0 fully saturated rings. The van der Waals surface area contributed by atoms with Crippen LogP contribution < -0.4 is 5.32 Å². The van der Waals surface area contributed by atoms with Gasteiger partial charge in [0.2, 0.25) is 5.91 Å². The lowest BCUT2D eigenvalue weighted by atomic mass is 10.3. The Balaban J connectivity index is 2.24. The van der Waals surface area contributed by atoms with E-state index in [9.17, 15) is 4.79 Å². The summed E-state index contributed by atoms with van der Waals surface area (Å²) >= 11 is 5.00. The van der Waals surface area contributed by atoms with Crippen molar-refractivity contribution in [2.45, 2.75) is 6.42 Å². The molecule has 1 aromatic heterocycles. The second-order valence-corrected chi connectivity index (χ2v) is 4.40. The third-order valence-corrected chi connectivity index (χ3v) is 3.22. The van der Waals surface area contributed by atoms with Crippen LogP contribution in [0.25, 0.3) is 0 Å². The number of halogens is 1. The summed E-state index contributed by atoms with van der Waals surface area (Å²) in [5.41, 5.74) is 0. The largest absolute Gasteiger partial charge is 0.387 e. The first-order chi connectivity index (χ1) is 6.22. The van der Waals surface area contributed by atoms with Gasteiger partial charge in [0, 0.05) is 21.3 Å². The highest BCUT2D eigenvalue weighted by Gasteiger charge is 1.99. The molecule has 1 rings (SSSR count). The van der Waals surface area contributed by atoms with Gasteiger partial charge in [0.05, 0.1) is 0 Å².